The van der Waals surface area contributed by atoms with Crippen LogP contribution >= 0.6 is 0 Å². The van der Waals surface area contributed by atoms with Crippen LogP contribution in [0.15, 0.2) is 12.3 Å². The van der Waals surface area contributed by atoms with E-state index >= 15 is 0 Å². The van der Waals surface area contributed by atoms with E-state index in [1.165, 1.54) is 18.5 Å². The van der Waals surface area contributed by atoms with E-state index in [4.69, 9.17) is 5.73 Å². The molecule has 18 heavy (non-hydrogen) atoms. The summed E-state index contributed by atoms with van der Waals surface area (Å²) in [5.74, 6) is 0. The normalized spacial score (nSPS) is 17.5. The summed E-state index contributed by atoms with van der Waals surface area (Å²) in [6, 6.07) is 2.88. The van der Waals surface area contributed by atoms with Gasteiger partial charge in [-0.1, -0.05) is 0 Å². The first-order valence-corrected chi connectivity index (χ1v) is 6.68. The van der Waals surface area contributed by atoms with Crippen LogP contribution in [0.3, 0.4) is 0 Å². The number of hydrogen-bond donors (Lipinski definition) is 1. The molecule has 0 saturated carbocycles. The molecule has 2 heterocycles. The highest BCUT2D eigenvalue weighted by molar-refractivity contribution is 5.54. The molecule has 2 rings (SSSR count). The second kappa shape index (κ2) is 5.67. The minimum absolute atomic E-state index is 0.566. The molecule has 0 unspecified atom stereocenters. The minimum Gasteiger partial charge on any atom is -0.371 e. The Hall–Kier alpha value is -1.13. The van der Waals surface area contributed by atoms with Gasteiger partial charge < -0.3 is 15.5 Å². The molecule has 100 valence electrons. The first-order chi connectivity index (χ1) is 8.61. The summed E-state index contributed by atoms with van der Waals surface area (Å²) < 4.78 is 0. The molecule has 0 aliphatic carbocycles. The van der Waals surface area contributed by atoms with Gasteiger partial charge in [-0.15, -0.1) is 0 Å². The predicted molar refractivity (Wildman–Crippen MR) is 75.8 cm³/mol. The average molecular weight is 248 g/mol. The fourth-order valence-electron chi connectivity index (χ4n) is 2.65. The number of aromatic nitrogens is 1. The Kier molecular flexibility index (Phi) is 4.19. The van der Waals surface area contributed by atoms with Gasteiger partial charge in [0, 0.05) is 48.8 Å². The number of aryl methyl sites for hydroxylation is 1. The first-order valence-electron chi connectivity index (χ1n) is 6.68. The SMILES string of the molecule is Cc1cc(N2CCC(N(C)C)CC2)c(CN)cn1. The van der Waals surface area contributed by atoms with Crippen LogP contribution in [0.4, 0.5) is 5.69 Å². The largest absolute Gasteiger partial charge is 0.371 e. The van der Waals surface area contributed by atoms with Crippen molar-refractivity contribution in [2.75, 3.05) is 32.1 Å². The molecule has 1 aliphatic heterocycles. The molecule has 0 aromatic carbocycles. The van der Waals surface area contributed by atoms with E-state index in [-0.39, 0.29) is 0 Å². The molecule has 2 N–H and O–H groups in total. The molecule has 0 bridgehead atoms. The lowest BCUT2D eigenvalue weighted by molar-refractivity contribution is 0.249. The van der Waals surface area contributed by atoms with Crippen LogP contribution in [-0.2, 0) is 6.54 Å². The predicted octanol–water partition coefficient (Wildman–Crippen LogP) is 1.38. The maximum atomic E-state index is 5.81. The van der Waals surface area contributed by atoms with Crippen molar-refractivity contribution < 1.29 is 0 Å². The second-order valence-corrected chi connectivity index (χ2v) is 5.34. The molecule has 1 aromatic rings. The van der Waals surface area contributed by atoms with Crippen molar-refractivity contribution in [3.63, 3.8) is 0 Å². The van der Waals surface area contributed by atoms with Crippen molar-refractivity contribution in [3.05, 3.63) is 23.5 Å². The van der Waals surface area contributed by atoms with Crippen molar-refractivity contribution in [3.8, 4) is 0 Å². The number of anilines is 1. The average Bonchev–Trinajstić information content (AvgIpc) is 2.39. The number of hydrogen-bond acceptors (Lipinski definition) is 4. The maximum absolute atomic E-state index is 5.81. The summed E-state index contributed by atoms with van der Waals surface area (Å²) >= 11 is 0. The molecule has 1 aliphatic rings. The Bertz CT molecular complexity index is 395. The fourth-order valence-corrected chi connectivity index (χ4v) is 2.65. The molecular formula is C14H24N4. The molecular weight excluding hydrogens is 224 g/mol. The van der Waals surface area contributed by atoms with E-state index in [0.29, 0.717) is 12.6 Å². The maximum Gasteiger partial charge on any atom is 0.0445 e. The van der Waals surface area contributed by atoms with Gasteiger partial charge in [0.15, 0.2) is 0 Å². The molecule has 1 aromatic heterocycles. The highest BCUT2D eigenvalue weighted by atomic mass is 15.2. The topological polar surface area (TPSA) is 45.4 Å². The van der Waals surface area contributed by atoms with Crippen LogP contribution in [0.2, 0.25) is 0 Å². The van der Waals surface area contributed by atoms with E-state index < -0.39 is 0 Å². The summed E-state index contributed by atoms with van der Waals surface area (Å²) in [7, 11) is 4.34. The summed E-state index contributed by atoms with van der Waals surface area (Å²) in [6.07, 6.45) is 4.36. The molecule has 0 spiro atoms. The highest BCUT2D eigenvalue weighted by Gasteiger charge is 2.22. The van der Waals surface area contributed by atoms with Gasteiger partial charge in [-0.25, -0.2) is 0 Å². The molecule has 1 saturated heterocycles. The van der Waals surface area contributed by atoms with Gasteiger partial charge in [0.25, 0.3) is 0 Å². The Balaban J connectivity index is 2.11. The smallest absolute Gasteiger partial charge is 0.0445 e. The van der Waals surface area contributed by atoms with E-state index in [0.717, 1.165) is 24.3 Å². The lowest BCUT2D eigenvalue weighted by atomic mass is 10.0. The molecule has 4 nitrogen and oxygen atoms in total. The van der Waals surface area contributed by atoms with Crippen LogP contribution < -0.4 is 10.6 Å². The monoisotopic (exact) mass is 248 g/mol. The van der Waals surface area contributed by atoms with Crippen LogP contribution in [0.25, 0.3) is 0 Å². The summed E-state index contributed by atoms with van der Waals surface area (Å²) in [5, 5.41) is 0. The number of piperidine rings is 1. The van der Waals surface area contributed by atoms with E-state index in [1.54, 1.807) is 0 Å². The van der Waals surface area contributed by atoms with Gasteiger partial charge in [0.1, 0.15) is 0 Å². The van der Waals surface area contributed by atoms with Crippen LogP contribution in [0.5, 0.6) is 0 Å². The summed E-state index contributed by atoms with van der Waals surface area (Å²) in [4.78, 5) is 9.12. The Morgan fingerprint density at radius 3 is 2.61 bits per heavy atom. The second-order valence-electron chi connectivity index (χ2n) is 5.34. The third kappa shape index (κ3) is 2.82. The van der Waals surface area contributed by atoms with E-state index in [1.807, 2.05) is 13.1 Å². The molecule has 0 amide bonds. The molecule has 0 atom stereocenters. The van der Waals surface area contributed by atoms with Crippen molar-refractivity contribution in [2.24, 2.45) is 5.73 Å². The van der Waals surface area contributed by atoms with Gasteiger partial charge in [0.2, 0.25) is 0 Å². The highest BCUT2D eigenvalue weighted by Crippen LogP contribution is 2.25. The standard InChI is InChI=1S/C14H24N4/c1-11-8-14(12(9-15)10-16-11)18-6-4-13(5-7-18)17(2)3/h8,10,13H,4-7,9,15H2,1-3H3. The number of nitrogens with zero attached hydrogens (tertiary/aromatic N) is 3. The van der Waals surface area contributed by atoms with Gasteiger partial charge in [-0.2, -0.15) is 0 Å². The van der Waals surface area contributed by atoms with Crippen LogP contribution in [0, 0.1) is 6.92 Å². The molecule has 4 heteroatoms. The number of rotatable bonds is 3. The minimum atomic E-state index is 0.566. The van der Waals surface area contributed by atoms with E-state index in [9.17, 15) is 0 Å². The lowest BCUT2D eigenvalue weighted by Crippen LogP contribution is -2.42. The zero-order valence-corrected chi connectivity index (χ0v) is 11.7. The van der Waals surface area contributed by atoms with Gasteiger partial charge in [-0.3, -0.25) is 4.98 Å². The van der Waals surface area contributed by atoms with Crippen molar-refractivity contribution in [1.82, 2.24) is 9.88 Å². The lowest BCUT2D eigenvalue weighted by Gasteiger charge is -2.37. The van der Waals surface area contributed by atoms with Gasteiger partial charge in [0.05, 0.1) is 0 Å². The zero-order chi connectivity index (χ0) is 13.1. The van der Waals surface area contributed by atoms with Crippen LogP contribution in [-0.4, -0.2) is 43.1 Å². The van der Waals surface area contributed by atoms with Gasteiger partial charge in [-0.05, 0) is 39.9 Å². The molecule has 1 fully saturated rings. The number of nitrogens with two attached hydrogens (primary N) is 1. The third-order valence-corrected chi connectivity index (χ3v) is 3.85. The fraction of sp³-hybridized carbons (Fsp3) is 0.643. The molecule has 0 radical (unpaired) electrons. The van der Waals surface area contributed by atoms with Crippen molar-refractivity contribution in [2.45, 2.75) is 32.4 Å². The zero-order valence-electron chi connectivity index (χ0n) is 11.7. The summed E-state index contributed by atoms with van der Waals surface area (Å²) in [5.41, 5.74) is 9.31. The first kappa shape index (κ1) is 13.3. The Labute approximate surface area is 110 Å². The third-order valence-electron chi connectivity index (χ3n) is 3.85. The Morgan fingerprint density at radius 2 is 2.06 bits per heavy atom. The van der Waals surface area contributed by atoms with Crippen LogP contribution in [0.1, 0.15) is 24.1 Å². The quantitative estimate of drug-likeness (QED) is 0.878. The number of pyridine rings is 1. The van der Waals surface area contributed by atoms with Crippen molar-refractivity contribution in [1.29, 1.82) is 0 Å². The summed E-state index contributed by atoms with van der Waals surface area (Å²) in [6.45, 7) is 4.82. The van der Waals surface area contributed by atoms with Crippen molar-refractivity contribution >= 4 is 5.69 Å². The van der Waals surface area contributed by atoms with Gasteiger partial charge >= 0.3 is 0 Å². The Morgan fingerprint density at radius 1 is 1.39 bits per heavy atom. The van der Waals surface area contributed by atoms with E-state index in [2.05, 4.69) is 34.9 Å².